The number of benzene rings is 2. The molecule has 0 bridgehead atoms. The number of hydrogen-bond acceptors (Lipinski definition) is 6. The zero-order valence-corrected chi connectivity index (χ0v) is 19.3. The number of hydrogen-bond donors (Lipinski definition) is 2. The molecule has 1 heterocycles. The predicted octanol–water partition coefficient (Wildman–Crippen LogP) is 2.55. The highest BCUT2D eigenvalue weighted by Gasteiger charge is 2.22. The molecule has 0 fully saturated rings. The van der Waals surface area contributed by atoms with Crippen molar-refractivity contribution in [3.05, 3.63) is 64.3 Å². The number of fused-ring (bicyclic) bond motifs is 1. The van der Waals surface area contributed by atoms with Crippen molar-refractivity contribution in [3.8, 4) is 0 Å². The molecule has 0 aliphatic rings. The SMILES string of the molecule is COC(=O)CS(=O)(=O)c1ccc([C@@H](CO)NC(=O)c2cc3c(Cl)cc(C)cc3n2C)cc1. The summed E-state index contributed by atoms with van der Waals surface area (Å²) in [6.07, 6.45) is 0. The molecule has 1 atom stereocenters. The summed E-state index contributed by atoms with van der Waals surface area (Å²) in [5, 5.41) is 13.9. The van der Waals surface area contributed by atoms with Crippen molar-refractivity contribution in [3.63, 3.8) is 0 Å². The van der Waals surface area contributed by atoms with Crippen molar-refractivity contribution in [1.82, 2.24) is 9.88 Å². The van der Waals surface area contributed by atoms with Crippen LogP contribution >= 0.6 is 11.6 Å². The molecular formula is C22H23ClN2O6S. The molecule has 0 spiro atoms. The fourth-order valence-electron chi connectivity index (χ4n) is 3.41. The summed E-state index contributed by atoms with van der Waals surface area (Å²) >= 11 is 6.31. The smallest absolute Gasteiger partial charge is 0.321 e. The zero-order chi connectivity index (χ0) is 23.6. The molecule has 2 N–H and O–H groups in total. The van der Waals surface area contributed by atoms with E-state index in [9.17, 15) is 23.1 Å². The molecule has 0 saturated carbocycles. The molecule has 0 aliphatic heterocycles. The van der Waals surface area contributed by atoms with E-state index in [0.29, 0.717) is 16.3 Å². The predicted molar refractivity (Wildman–Crippen MR) is 120 cm³/mol. The topological polar surface area (TPSA) is 115 Å². The standard InChI is InChI=1S/C22H23ClN2O6S/c1-13-8-17(23)16-10-20(25(2)19(16)9-13)22(28)24-18(11-26)14-4-6-15(7-5-14)32(29,30)12-21(27)31-3/h4-10,18,26H,11-12H2,1-3H3,(H,24,28)/t18-/m1/s1. The number of carbonyl (C=O) groups is 2. The Morgan fingerprint density at radius 1 is 1.19 bits per heavy atom. The van der Waals surface area contributed by atoms with E-state index in [4.69, 9.17) is 11.6 Å². The number of aryl methyl sites for hydroxylation is 2. The van der Waals surface area contributed by atoms with E-state index >= 15 is 0 Å². The number of nitrogens with one attached hydrogen (secondary N) is 1. The first kappa shape index (κ1) is 23.8. The fraction of sp³-hybridized carbons (Fsp3) is 0.273. The van der Waals surface area contributed by atoms with Crippen LogP contribution in [0.3, 0.4) is 0 Å². The first-order valence-corrected chi connectivity index (χ1v) is 11.7. The monoisotopic (exact) mass is 478 g/mol. The van der Waals surface area contributed by atoms with Crippen LogP contribution in [0.2, 0.25) is 5.02 Å². The number of ether oxygens (including phenoxy) is 1. The van der Waals surface area contributed by atoms with Gasteiger partial charge < -0.3 is 19.7 Å². The second-order valence-electron chi connectivity index (χ2n) is 7.38. The van der Waals surface area contributed by atoms with Gasteiger partial charge in [0.25, 0.3) is 5.91 Å². The lowest BCUT2D eigenvalue weighted by molar-refractivity contribution is -0.137. The van der Waals surface area contributed by atoms with Crippen molar-refractivity contribution in [2.75, 3.05) is 19.5 Å². The molecule has 3 rings (SSSR count). The first-order valence-electron chi connectivity index (χ1n) is 9.64. The number of carbonyl (C=O) groups excluding carboxylic acids is 2. The number of nitrogens with zero attached hydrogens (tertiary/aromatic N) is 1. The Kier molecular flexibility index (Phi) is 6.92. The van der Waals surface area contributed by atoms with Crippen LogP contribution in [-0.2, 0) is 26.4 Å². The van der Waals surface area contributed by atoms with Crippen molar-refractivity contribution in [1.29, 1.82) is 0 Å². The second kappa shape index (κ2) is 9.32. The van der Waals surface area contributed by atoms with Gasteiger partial charge in [-0.3, -0.25) is 9.59 Å². The number of aliphatic hydroxyl groups excluding tert-OH is 1. The summed E-state index contributed by atoms with van der Waals surface area (Å²) in [5.41, 5.74) is 2.64. The highest BCUT2D eigenvalue weighted by atomic mass is 35.5. The first-order chi connectivity index (χ1) is 15.1. The van der Waals surface area contributed by atoms with Crippen LogP contribution in [0.5, 0.6) is 0 Å². The maximum absolute atomic E-state index is 12.9. The van der Waals surface area contributed by atoms with Gasteiger partial charge in [-0.15, -0.1) is 0 Å². The number of aliphatic hydroxyl groups is 1. The van der Waals surface area contributed by atoms with Crippen molar-refractivity contribution in [2.45, 2.75) is 17.9 Å². The van der Waals surface area contributed by atoms with Gasteiger partial charge in [0.15, 0.2) is 15.6 Å². The van der Waals surface area contributed by atoms with Gasteiger partial charge in [-0.1, -0.05) is 23.7 Å². The number of methoxy groups -OCH3 is 1. The molecule has 2 aromatic carbocycles. The normalized spacial score (nSPS) is 12.5. The van der Waals surface area contributed by atoms with Gasteiger partial charge in [0, 0.05) is 12.4 Å². The van der Waals surface area contributed by atoms with Crippen LogP contribution in [0.25, 0.3) is 10.9 Å². The van der Waals surface area contributed by atoms with E-state index in [1.54, 1.807) is 17.7 Å². The van der Waals surface area contributed by atoms with E-state index in [1.807, 2.05) is 19.1 Å². The zero-order valence-electron chi connectivity index (χ0n) is 17.8. The number of sulfone groups is 1. The van der Waals surface area contributed by atoms with Crippen molar-refractivity contribution < 1.29 is 27.9 Å². The summed E-state index contributed by atoms with van der Waals surface area (Å²) in [6.45, 7) is 1.51. The number of halogens is 1. The molecule has 1 amide bonds. The second-order valence-corrected chi connectivity index (χ2v) is 9.78. The Labute approximate surface area is 190 Å². The van der Waals surface area contributed by atoms with Gasteiger partial charge in [-0.25, -0.2) is 8.42 Å². The molecule has 0 unspecified atom stereocenters. The Morgan fingerprint density at radius 2 is 1.84 bits per heavy atom. The van der Waals surface area contributed by atoms with Crippen LogP contribution in [0.1, 0.15) is 27.7 Å². The van der Waals surface area contributed by atoms with Gasteiger partial charge in [-0.05, 0) is 48.4 Å². The Hall–Kier alpha value is -2.88. The van der Waals surface area contributed by atoms with Gasteiger partial charge in [0.2, 0.25) is 0 Å². The molecule has 0 saturated heterocycles. The molecule has 3 aromatic rings. The van der Waals surface area contributed by atoms with E-state index in [0.717, 1.165) is 23.6 Å². The van der Waals surface area contributed by atoms with Gasteiger partial charge >= 0.3 is 5.97 Å². The third-order valence-electron chi connectivity index (χ3n) is 5.15. The minimum atomic E-state index is -3.86. The molecule has 0 radical (unpaired) electrons. The maximum atomic E-state index is 12.9. The Bertz CT molecular complexity index is 1280. The summed E-state index contributed by atoms with van der Waals surface area (Å²) in [5.74, 6) is -2.05. The number of aromatic nitrogens is 1. The minimum absolute atomic E-state index is 0.0617. The highest BCUT2D eigenvalue weighted by molar-refractivity contribution is 7.92. The Morgan fingerprint density at radius 3 is 2.44 bits per heavy atom. The molecule has 1 aromatic heterocycles. The van der Waals surface area contributed by atoms with E-state index in [2.05, 4.69) is 10.1 Å². The van der Waals surface area contributed by atoms with Gasteiger partial charge in [-0.2, -0.15) is 0 Å². The van der Waals surface area contributed by atoms with Crippen LogP contribution in [0.4, 0.5) is 0 Å². The summed E-state index contributed by atoms with van der Waals surface area (Å²) in [7, 11) is -0.992. The maximum Gasteiger partial charge on any atom is 0.321 e. The molecule has 0 aliphatic carbocycles. The molecule has 170 valence electrons. The lowest BCUT2D eigenvalue weighted by Crippen LogP contribution is -2.32. The van der Waals surface area contributed by atoms with Crippen molar-refractivity contribution in [2.24, 2.45) is 7.05 Å². The number of esters is 1. The Balaban J connectivity index is 1.83. The fourth-order valence-corrected chi connectivity index (χ4v) is 4.88. The van der Waals surface area contributed by atoms with Gasteiger partial charge in [0.05, 0.1) is 35.2 Å². The van der Waals surface area contributed by atoms with Crippen molar-refractivity contribution >= 4 is 44.2 Å². The largest absolute Gasteiger partial charge is 0.468 e. The molecule has 8 nitrogen and oxygen atoms in total. The summed E-state index contributed by atoms with van der Waals surface area (Å²) < 4.78 is 30.6. The third-order valence-corrected chi connectivity index (χ3v) is 7.07. The molecule has 10 heteroatoms. The van der Waals surface area contributed by atoms with E-state index in [1.165, 1.54) is 24.3 Å². The quantitative estimate of drug-likeness (QED) is 0.504. The van der Waals surface area contributed by atoms with Crippen LogP contribution < -0.4 is 5.32 Å². The lowest BCUT2D eigenvalue weighted by Gasteiger charge is -2.17. The average molecular weight is 479 g/mol. The highest BCUT2D eigenvalue weighted by Crippen LogP contribution is 2.28. The minimum Gasteiger partial charge on any atom is -0.468 e. The van der Waals surface area contributed by atoms with E-state index < -0.39 is 40.1 Å². The van der Waals surface area contributed by atoms with Crippen LogP contribution in [-0.4, -0.2) is 49.4 Å². The van der Waals surface area contributed by atoms with E-state index in [-0.39, 0.29) is 4.90 Å². The average Bonchev–Trinajstić information content (AvgIpc) is 3.08. The third kappa shape index (κ3) is 4.79. The van der Waals surface area contributed by atoms with Crippen LogP contribution in [0.15, 0.2) is 47.4 Å². The summed E-state index contributed by atoms with van der Waals surface area (Å²) in [4.78, 5) is 24.2. The van der Waals surface area contributed by atoms with Gasteiger partial charge in [0.1, 0.15) is 5.69 Å². The molecule has 32 heavy (non-hydrogen) atoms. The summed E-state index contributed by atoms with van der Waals surface area (Å²) in [6, 6.07) is 10.3. The lowest BCUT2D eigenvalue weighted by atomic mass is 10.1. The number of rotatable bonds is 7. The molecular weight excluding hydrogens is 456 g/mol. The van der Waals surface area contributed by atoms with Crippen LogP contribution in [0, 0.1) is 6.92 Å². The number of amides is 1.